The number of rotatable bonds is 24. The van der Waals surface area contributed by atoms with Gasteiger partial charge in [0.2, 0.25) is 0 Å². The molecule has 0 bridgehead atoms. The highest BCUT2D eigenvalue weighted by molar-refractivity contribution is 5.99. The van der Waals surface area contributed by atoms with Gasteiger partial charge in [0.15, 0.2) is 17.3 Å². The van der Waals surface area contributed by atoms with Gasteiger partial charge in [0.1, 0.15) is 11.5 Å². The predicted octanol–water partition coefficient (Wildman–Crippen LogP) is 9.78. The van der Waals surface area contributed by atoms with Crippen molar-refractivity contribution in [2.45, 2.75) is 118 Å². The van der Waals surface area contributed by atoms with E-state index in [1.807, 2.05) is 36.4 Å². The van der Waals surface area contributed by atoms with Crippen molar-refractivity contribution in [1.82, 2.24) is 0 Å². The van der Waals surface area contributed by atoms with Gasteiger partial charge in [0.25, 0.3) is 0 Å². The molecule has 0 atom stereocenters. The zero-order chi connectivity index (χ0) is 28.8. The van der Waals surface area contributed by atoms with Crippen LogP contribution in [0.1, 0.15) is 127 Å². The third-order valence-corrected chi connectivity index (χ3v) is 6.95. The molecule has 0 N–H and O–H groups in total. The monoisotopic (exact) mass is 554 g/mol. The van der Waals surface area contributed by atoms with E-state index >= 15 is 0 Å². The van der Waals surface area contributed by atoms with Gasteiger partial charge in [0, 0.05) is 6.42 Å². The maximum Gasteiger partial charge on any atom is 0.171 e. The maximum atomic E-state index is 13.6. The van der Waals surface area contributed by atoms with E-state index in [0.717, 1.165) is 94.1 Å². The number of hydrogen-bond acceptors (Lipinski definition) is 5. The van der Waals surface area contributed by atoms with E-state index in [4.69, 9.17) is 18.9 Å². The van der Waals surface area contributed by atoms with Crippen molar-refractivity contribution < 1.29 is 23.7 Å². The van der Waals surface area contributed by atoms with Crippen molar-refractivity contribution in [3.8, 4) is 23.0 Å². The van der Waals surface area contributed by atoms with Crippen molar-refractivity contribution >= 4 is 5.78 Å². The lowest BCUT2D eigenvalue weighted by molar-refractivity contribution is 0.0977. The Morgan fingerprint density at radius 1 is 0.600 bits per heavy atom. The third kappa shape index (κ3) is 12.7. The van der Waals surface area contributed by atoms with E-state index in [-0.39, 0.29) is 5.78 Å². The molecule has 40 heavy (non-hydrogen) atoms. The molecule has 2 aromatic carbocycles. The number of unbranched alkanes of at least 4 members (excludes halogenated alkanes) is 8. The Bertz CT molecular complexity index is 955. The second kappa shape index (κ2) is 21.1. The molecule has 0 aliphatic carbocycles. The Morgan fingerprint density at radius 2 is 1.15 bits per heavy atom. The fraction of sp³-hybridized carbons (Fsp3) is 0.629. The molecule has 0 unspecified atom stereocenters. The highest BCUT2D eigenvalue weighted by Gasteiger charge is 2.19. The quantitative estimate of drug-likeness (QED) is 0.0955. The number of carbonyl (C=O) groups is 1. The van der Waals surface area contributed by atoms with Crippen molar-refractivity contribution in [3.63, 3.8) is 0 Å². The zero-order valence-electron chi connectivity index (χ0n) is 25.7. The van der Waals surface area contributed by atoms with Crippen LogP contribution in [0, 0.1) is 0 Å². The lowest BCUT2D eigenvalue weighted by Gasteiger charge is -2.17. The predicted molar refractivity (Wildman–Crippen MR) is 166 cm³/mol. The van der Waals surface area contributed by atoms with Gasteiger partial charge in [-0.15, -0.1) is 0 Å². The lowest BCUT2D eigenvalue weighted by atomic mass is 10.0. The second-order valence-electron chi connectivity index (χ2n) is 10.5. The van der Waals surface area contributed by atoms with Gasteiger partial charge in [-0.05, 0) is 68.0 Å². The SMILES string of the molecule is CCCCCOc1ccc(OCCCCC)c(CCC(=O)c2cccc(OCCCCC)c2OCCCCC)c1. The summed E-state index contributed by atoms with van der Waals surface area (Å²) in [5.74, 6) is 2.98. The van der Waals surface area contributed by atoms with Gasteiger partial charge in [-0.3, -0.25) is 4.79 Å². The highest BCUT2D eigenvalue weighted by atomic mass is 16.5. The molecule has 0 amide bonds. The van der Waals surface area contributed by atoms with E-state index in [1.165, 1.54) is 0 Å². The van der Waals surface area contributed by atoms with Crippen molar-refractivity contribution in [2.24, 2.45) is 0 Å². The van der Waals surface area contributed by atoms with Gasteiger partial charge in [0.05, 0.1) is 32.0 Å². The normalized spacial score (nSPS) is 10.9. The van der Waals surface area contributed by atoms with Crippen molar-refractivity contribution in [1.29, 1.82) is 0 Å². The average molecular weight is 555 g/mol. The summed E-state index contributed by atoms with van der Waals surface area (Å²) in [6.45, 7) is 11.3. The smallest absolute Gasteiger partial charge is 0.171 e. The second-order valence-corrected chi connectivity index (χ2v) is 10.5. The van der Waals surface area contributed by atoms with Crippen molar-refractivity contribution in [2.75, 3.05) is 26.4 Å². The number of carbonyl (C=O) groups excluding carboxylic acids is 1. The van der Waals surface area contributed by atoms with Gasteiger partial charge in [-0.2, -0.15) is 0 Å². The molecule has 2 rings (SSSR count). The number of Topliss-reactive ketones (excluding diaryl/α,β-unsaturated/α-hetero) is 1. The number of ether oxygens (including phenoxy) is 4. The molecule has 0 aliphatic heterocycles. The summed E-state index contributed by atoms with van der Waals surface area (Å²) >= 11 is 0. The van der Waals surface area contributed by atoms with E-state index in [2.05, 4.69) is 27.7 Å². The molecule has 0 heterocycles. The topological polar surface area (TPSA) is 54.0 Å². The summed E-state index contributed by atoms with van der Waals surface area (Å²) < 4.78 is 24.4. The minimum Gasteiger partial charge on any atom is -0.494 e. The van der Waals surface area contributed by atoms with E-state index in [1.54, 1.807) is 0 Å². The molecule has 5 nitrogen and oxygen atoms in total. The molecule has 0 aliphatic rings. The number of hydrogen-bond donors (Lipinski definition) is 0. The van der Waals surface area contributed by atoms with Crippen molar-refractivity contribution in [3.05, 3.63) is 47.5 Å². The van der Waals surface area contributed by atoms with E-state index in [9.17, 15) is 4.79 Å². The molecular weight excluding hydrogens is 500 g/mol. The molecule has 224 valence electrons. The van der Waals surface area contributed by atoms with Crippen LogP contribution in [0.2, 0.25) is 0 Å². The van der Waals surface area contributed by atoms with Crippen LogP contribution in [0.15, 0.2) is 36.4 Å². The summed E-state index contributed by atoms with van der Waals surface area (Å²) in [7, 11) is 0. The Hall–Kier alpha value is -2.69. The number of aryl methyl sites for hydroxylation is 1. The standard InChI is InChI=1S/C35H54O5/c1-5-9-13-24-37-30-21-23-33(38-25-14-10-6-2)29(28-30)20-22-32(36)31-18-17-19-34(39-26-15-11-7-3)35(31)40-27-16-12-8-4/h17-19,21,23,28H,5-16,20,22,24-27H2,1-4H3. The van der Waals surface area contributed by atoms with Crippen LogP contribution in [0.25, 0.3) is 0 Å². The van der Waals surface area contributed by atoms with Gasteiger partial charge >= 0.3 is 0 Å². The largest absolute Gasteiger partial charge is 0.494 e. The fourth-order valence-electron chi connectivity index (χ4n) is 4.50. The Kier molecular flexibility index (Phi) is 17.7. The maximum absolute atomic E-state index is 13.6. The van der Waals surface area contributed by atoms with Crippen LogP contribution in [0.4, 0.5) is 0 Å². The lowest BCUT2D eigenvalue weighted by Crippen LogP contribution is -2.10. The van der Waals surface area contributed by atoms with Crippen LogP contribution in [-0.2, 0) is 6.42 Å². The number of benzene rings is 2. The first-order valence-electron chi connectivity index (χ1n) is 15.9. The molecule has 0 aromatic heterocycles. The molecule has 5 heteroatoms. The van der Waals surface area contributed by atoms with Gasteiger partial charge in [-0.1, -0.05) is 85.1 Å². The molecular formula is C35H54O5. The minimum absolute atomic E-state index is 0.0516. The Balaban J connectivity index is 2.17. The first-order chi connectivity index (χ1) is 19.6. The van der Waals surface area contributed by atoms with Crippen LogP contribution < -0.4 is 18.9 Å². The molecule has 2 aromatic rings. The van der Waals surface area contributed by atoms with Crippen LogP contribution in [0.5, 0.6) is 23.0 Å². The minimum atomic E-state index is 0.0516. The summed E-state index contributed by atoms with van der Waals surface area (Å²) in [5, 5.41) is 0. The summed E-state index contributed by atoms with van der Waals surface area (Å²) in [6, 6.07) is 11.7. The fourth-order valence-corrected chi connectivity index (χ4v) is 4.50. The van der Waals surface area contributed by atoms with Gasteiger partial charge < -0.3 is 18.9 Å². The molecule has 0 saturated carbocycles. The van der Waals surface area contributed by atoms with E-state index < -0.39 is 0 Å². The summed E-state index contributed by atoms with van der Waals surface area (Å²) in [5.41, 5.74) is 1.61. The average Bonchev–Trinajstić information content (AvgIpc) is 2.97. The Labute approximate surface area is 243 Å². The Morgan fingerprint density at radius 3 is 1.75 bits per heavy atom. The van der Waals surface area contributed by atoms with Crippen LogP contribution in [-0.4, -0.2) is 32.2 Å². The third-order valence-electron chi connectivity index (χ3n) is 6.95. The van der Waals surface area contributed by atoms with Gasteiger partial charge in [-0.25, -0.2) is 0 Å². The summed E-state index contributed by atoms with van der Waals surface area (Å²) in [4.78, 5) is 13.6. The first kappa shape index (κ1) is 33.5. The number of ketones is 1. The number of para-hydroxylation sites is 1. The highest BCUT2D eigenvalue weighted by Crippen LogP contribution is 2.34. The van der Waals surface area contributed by atoms with Crippen LogP contribution in [0.3, 0.4) is 0 Å². The molecule has 0 spiro atoms. The summed E-state index contributed by atoms with van der Waals surface area (Å²) in [6.07, 6.45) is 14.0. The zero-order valence-corrected chi connectivity index (χ0v) is 25.7. The van der Waals surface area contributed by atoms with E-state index in [0.29, 0.717) is 56.3 Å². The van der Waals surface area contributed by atoms with Crippen LogP contribution >= 0.6 is 0 Å². The first-order valence-corrected chi connectivity index (χ1v) is 15.9. The molecule has 0 saturated heterocycles. The molecule has 0 radical (unpaired) electrons. The molecule has 0 fully saturated rings.